The fourth-order valence-corrected chi connectivity index (χ4v) is 5.35. The van der Waals surface area contributed by atoms with Crippen LogP contribution in [0.3, 0.4) is 0 Å². The molecule has 9 heteroatoms. The van der Waals surface area contributed by atoms with Gasteiger partial charge in [-0.25, -0.2) is 8.42 Å². The van der Waals surface area contributed by atoms with Crippen LogP contribution in [-0.2, 0) is 14.6 Å². The number of amides is 2. The van der Waals surface area contributed by atoms with Crippen LogP contribution in [-0.4, -0.2) is 55.3 Å². The number of nitrogens with one attached hydrogen (secondary N) is 1. The molecular weight excluding hydrogens is 387 g/mol. The molecule has 1 aromatic carbocycles. The first-order valence-corrected chi connectivity index (χ1v) is 10.6. The van der Waals surface area contributed by atoms with Gasteiger partial charge in [0.1, 0.15) is 6.04 Å². The van der Waals surface area contributed by atoms with Crippen molar-refractivity contribution in [2.45, 2.75) is 31.3 Å². The van der Waals surface area contributed by atoms with Crippen molar-refractivity contribution in [1.29, 1.82) is 0 Å². The third kappa shape index (κ3) is 4.10. The van der Waals surface area contributed by atoms with Gasteiger partial charge < -0.3 is 10.2 Å². The summed E-state index contributed by atoms with van der Waals surface area (Å²) in [6.07, 6.45) is 1.65. The highest BCUT2D eigenvalue weighted by molar-refractivity contribution is 7.91. The van der Waals surface area contributed by atoms with Crippen LogP contribution in [0.15, 0.2) is 18.2 Å². The third-order valence-electron chi connectivity index (χ3n) is 4.55. The predicted octanol–water partition coefficient (Wildman–Crippen LogP) is 1.90. The molecule has 2 aliphatic heterocycles. The van der Waals surface area contributed by atoms with Gasteiger partial charge in [0, 0.05) is 17.6 Å². The standard InChI is InChI=1S/C16H18Cl2N2O4S/c17-10-3-4-13(18)12(8-10)16(22)20-6-1-2-14(20)15(21)19-11-5-7-25(23,24)9-11/h3-4,8,11,14H,1-2,5-7,9H2,(H,19,21)/t11-,14+/m1/s1. The molecule has 0 unspecified atom stereocenters. The number of likely N-dealkylation sites (tertiary alicyclic amines) is 1. The van der Waals surface area contributed by atoms with Crippen molar-refractivity contribution in [1.82, 2.24) is 10.2 Å². The predicted molar refractivity (Wildman–Crippen MR) is 95.7 cm³/mol. The summed E-state index contributed by atoms with van der Waals surface area (Å²) < 4.78 is 23.1. The van der Waals surface area contributed by atoms with Crippen molar-refractivity contribution in [2.75, 3.05) is 18.1 Å². The quantitative estimate of drug-likeness (QED) is 0.833. The SMILES string of the molecule is O=C(N[C@@H]1CCS(=O)(=O)C1)[C@@H]1CCCN1C(=O)c1cc(Cl)ccc1Cl. The molecule has 25 heavy (non-hydrogen) atoms. The summed E-state index contributed by atoms with van der Waals surface area (Å²) in [6.45, 7) is 0.447. The minimum Gasteiger partial charge on any atom is -0.351 e. The average Bonchev–Trinajstić information content (AvgIpc) is 3.15. The number of hydrogen-bond acceptors (Lipinski definition) is 4. The van der Waals surface area contributed by atoms with Crippen molar-refractivity contribution < 1.29 is 18.0 Å². The summed E-state index contributed by atoms with van der Waals surface area (Å²) in [6, 6.07) is 3.63. The van der Waals surface area contributed by atoms with E-state index >= 15 is 0 Å². The van der Waals surface area contributed by atoms with E-state index in [1.54, 1.807) is 12.1 Å². The monoisotopic (exact) mass is 404 g/mol. The smallest absolute Gasteiger partial charge is 0.256 e. The Morgan fingerprint density at radius 1 is 1.20 bits per heavy atom. The minimum atomic E-state index is -3.08. The highest BCUT2D eigenvalue weighted by Crippen LogP contribution is 2.26. The Hall–Kier alpha value is -1.31. The lowest BCUT2D eigenvalue weighted by Gasteiger charge is -2.25. The molecule has 1 N–H and O–H groups in total. The summed E-state index contributed by atoms with van der Waals surface area (Å²) in [4.78, 5) is 26.8. The number of benzene rings is 1. The molecule has 0 saturated carbocycles. The van der Waals surface area contributed by atoms with Crippen LogP contribution >= 0.6 is 23.2 Å². The molecule has 2 atom stereocenters. The zero-order valence-electron chi connectivity index (χ0n) is 13.4. The number of hydrogen-bond donors (Lipinski definition) is 1. The summed E-state index contributed by atoms with van der Waals surface area (Å²) >= 11 is 12.0. The van der Waals surface area contributed by atoms with Gasteiger partial charge in [-0.15, -0.1) is 0 Å². The molecule has 2 aliphatic rings. The van der Waals surface area contributed by atoms with Gasteiger partial charge in [0.2, 0.25) is 5.91 Å². The second kappa shape index (κ2) is 7.13. The maximum Gasteiger partial charge on any atom is 0.256 e. The largest absolute Gasteiger partial charge is 0.351 e. The van der Waals surface area contributed by atoms with Gasteiger partial charge in [0.15, 0.2) is 9.84 Å². The van der Waals surface area contributed by atoms with Gasteiger partial charge in [0.25, 0.3) is 5.91 Å². The van der Waals surface area contributed by atoms with E-state index in [0.717, 1.165) is 0 Å². The minimum absolute atomic E-state index is 0.0421. The van der Waals surface area contributed by atoms with Crippen LogP contribution < -0.4 is 5.32 Å². The molecule has 6 nitrogen and oxygen atoms in total. The Kier molecular flexibility index (Phi) is 5.27. The molecule has 0 radical (unpaired) electrons. The summed E-state index contributed by atoms with van der Waals surface area (Å²) in [5.41, 5.74) is 0.261. The molecule has 2 heterocycles. The number of nitrogens with zero attached hydrogens (tertiary/aromatic N) is 1. The summed E-state index contributed by atoms with van der Waals surface area (Å²) in [5.74, 6) is -0.613. The highest BCUT2D eigenvalue weighted by atomic mass is 35.5. The molecule has 0 aromatic heterocycles. The van der Waals surface area contributed by atoms with E-state index in [0.29, 0.717) is 30.8 Å². The Bertz CT molecular complexity index is 812. The first kappa shape index (κ1) is 18.5. The van der Waals surface area contributed by atoms with Crippen LogP contribution in [0, 0.1) is 0 Å². The van der Waals surface area contributed by atoms with Crippen LogP contribution in [0.4, 0.5) is 0 Å². The first-order valence-electron chi connectivity index (χ1n) is 8.04. The lowest BCUT2D eigenvalue weighted by Crippen LogP contribution is -2.49. The fourth-order valence-electron chi connectivity index (χ4n) is 3.30. The molecule has 3 rings (SSSR count). The Balaban J connectivity index is 1.72. The number of rotatable bonds is 3. The summed E-state index contributed by atoms with van der Waals surface area (Å²) in [5, 5.41) is 3.44. The zero-order chi connectivity index (χ0) is 18.2. The summed E-state index contributed by atoms with van der Waals surface area (Å²) in [7, 11) is -3.08. The van der Waals surface area contributed by atoms with E-state index in [-0.39, 0.29) is 39.9 Å². The molecule has 0 spiro atoms. The maximum absolute atomic E-state index is 12.8. The average molecular weight is 405 g/mol. The maximum atomic E-state index is 12.8. The molecule has 136 valence electrons. The molecule has 1 aromatic rings. The lowest BCUT2D eigenvalue weighted by molar-refractivity contribution is -0.125. The van der Waals surface area contributed by atoms with Gasteiger partial charge >= 0.3 is 0 Å². The van der Waals surface area contributed by atoms with Crippen molar-refractivity contribution in [2.24, 2.45) is 0 Å². The molecule has 2 fully saturated rings. The second-order valence-electron chi connectivity index (χ2n) is 6.39. The van der Waals surface area contributed by atoms with Crippen molar-refractivity contribution in [3.05, 3.63) is 33.8 Å². The van der Waals surface area contributed by atoms with Crippen molar-refractivity contribution in [3.63, 3.8) is 0 Å². The third-order valence-corrected chi connectivity index (χ3v) is 6.89. The van der Waals surface area contributed by atoms with Crippen molar-refractivity contribution >= 4 is 44.9 Å². The fraction of sp³-hybridized carbons (Fsp3) is 0.500. The van der Waals surface area contributed by atoms with E-state index in [4.69, 9.17) is 23.2 Å². The van der Waals surface area contributed by atoms with Gasteiger partial charge in [-0.05, 0) is 37.5 Å². The number of carbonyl (C=O) groups is 2. The van der Waals surface area contributed by atoms with Gasteiger partial charge in [-0.2, -0.15) is 0 Å². The normalized spacial score (nSPS) is 25.1. The van der Waals surface area contributed by atoms with Gasteiger partial charge in [-0.3, -0.25) is 9.59 Å². The van der Waals surface area contributed by atoms with E-state index in [2.05, 4.69) is 5.32 Å². The van der Waals surface area contributed by atoms with E-state index in [1.165, 1.54) is 11.0 Å². The molecule has 2 amide bonds. The van der Waals surface area contributed by atoms with Crippen molar-refractivity contribution in [3.8, 4) is 0 Å². The number of carbonyl (C=O) groups excluding carboxylic acids is 2. The molecular formula is C16H18Cl2N2O4S. The van der Waals surface area contributed by atoms with E-state index < -0.39 is 15.9 Å². The van der Waals surface area contributed by atoms with Crippen LogP contribution in [0.2, 0.25) is 10.0 Å². The van der Waals surface area contributed by atoms with Crippen LogP contribution in [0.25, 0.3) is 0 Å². The van der Waals surface area contributed by atoms with Gasteiger partial charge in [0.05, 0.1) is 22.1 Å². The zero-order valence-corrected chi connectivity index (χ0v) is 15.7. The Labute approximate surface area is 156 Å². The second-order valence-corrected chi connectivity index (χ2v) is 9.46. The number of sulfone groups is 1. The van der Waals surface area contributed by atoms with E-state index in [1.807, 2.05) is 0 Å². The molecule has 0 aliphatic carbocycles. The van der Waals surface area contributed by atoms with Crippen LogP contribution in [0.5, 0.6) is 0 Å². The van der Waals surface area contributed by atoms with E-state index in [9.17, 15) is 18.0 Å². The molecule has 2 saturated heterocycles. The first-order chi connectivity index (χ1) is 11.8. The lowest BCUT2D eigenvalue weighted by atomic mass is 10.1. The highest BCUT2D eigenvalue weighted by Gasteiger charge is 2.37. The Morgan fingerprint density at radius 2 is 1.96 bits per heavy atom. The number of halogens is 2. The topological polar surface area (TPSA) is 83.6 Å². The molecule has 0 bridgehead atoms. The van der Waals surface area contributed by atoms with Crippen LogP contribution in [0.1, 0.15) is 29.6 Å². The van der Waals surface area contributed by atoms with Gasteiger partial charge in [-0.1, -0.05) is 23.2 Å². The Morgan fingerprint density at radius 3 is 2.64 bits per heavy atom.